The normalized spacial score (nSPS) is 11.2. The summed E-state index contributed by atoms with van der Waals surface area (Å²) < 4.78 is 25.7. The van der Waals surface area contributed by atoms with E-state index in [1.54, 1.807) is 12.3 Å². The van der Waals surface area contributed by atoms with Crippen LogP contribution in [0, 0.1) is 5.82 Å². The SMILES string of the molecule is CC(C)Oc1cc(OCc2ccccc2)ccc1-c1nc2cc(-c3cccc(F)c3)cnc2[nH]1. The van der Waals surface area contributed by atoms with Crippen molar-refractivity contribution in [2.45, 2.75) is 26.6 Å². The fourth-order valence-electron chi connectivity index (χ4n) is 3.73. The molecule has 5 aromatic rings. The average Bonchev–Trinajstić information content (AvgIpc) is 3.26. The van der Waals surface area contributed by atoms with Crippen LogP contribution in [0.2, 0.25) is 0 Å². The Kier molecular flexibility index (Phi) is 5.95. The van der Waals surface area contributed by atoms with Gasteiger partial charge in [0.05, 0.1) is 11.7 Å². The number of nitrogens with zero attached hydrogens (tertiary/aromatic N) is 2. The molecule has 6 heteroatoms. The number of rotatable bonds is 7. The third-order valence-electron chi connectivity index (χ3n) is 5.31. The molecule has 0 aliphatic carbocycles. The molecule has 0 aliphatic rings. The van der Waals surface area contributed by atoms with Crippen LogP contribution < -0.4 is 9.47 Å². The van der Waals surface area contributed by atoms with Crippen molar-refractivity contribution in [2.75, 3.05) is 0 Å². The molecule has 0 bridgehead atoms. The van der Waals surface area contributed by atoms with E-state index in [-0.39, 0.29) is 11.9 Å². The van der Waals surface area contributed by atoms with E-state index in [9.17, 15) is 4.39 Å². The maximum atomic E-state index is 13.7. The Bertz CT molecular complexity index is 1430. The topological polar surface area (TPSA) is 60.0 Å². The molecule has 0 saturated carbocycles. The van der Waals surface area contributed by atoms with Crippen molar-refractivity contribution in [1.29, 1.82) is 0 Å². The molecule has 3 aromatic carbocycles. The van der Waals surface area contributed by atoms with E-state index >= 15 is 0 Å². The largest absolute Gasteiger partial charge is 0.490 e. The van der Waals surface area contributed by atoms with Gasteiger partial charge in [0.2, 0.25) is 0 Å². The summed E-state index contributed by atoms with van der Waals surface area (Å²) in [6.45, 7) is 4.43. The van der Waals surface area contributed by atoms with Crippen LogP contribution in [0.5, 0.6) is 11.5 Å². The summed E-state index contributed by atoms with van der Waals surface area (Å²) in [4.78, 5) is 12.5. The quantitative estimate of drug-likeness (QED) is 0.294. The molecule has 0 aliphatic heterocycles. The van der Waals surface area contributed by atoms with Crippen LogP contribution in [0.15, 0.2) is 85.1 Å². The molecule has 5 nitrogen and oxygen atoms in total. The Balaban J connectivity index is 1.46. The Morgan fingerprint density at radius 1 is 0.912 bits per heavy atom. The monoisotopic (exact) mass is 453 g/mol. The molecule has 34 heavy (non-hydrogen) atoms. The van der Waals surface area contributed by atoms with E-state index in [0.717, 1.165) is 22.3 Å². The van der Waals surface area contributed by atoms with Gasteiger partial charge >= 0.3 is 0 Å². The smallest absolute Gasteiger partial charge is 0.157 e. The summed E-state index contributed by atoms with van der Waals surface area (Å²) in [7, 11) is 0. The lowest BCUT2D eigenvalue weighted by atomic mass is 10.1. The van der Waals surface area contributed by atoms with Crippen LogP contribution >= 0.6 is 0 Å². The van der Waals surface area contributed by atoms with Gasteiger partial charge in [-0.05, 0) is 55.3 Å². The molecule has 170 valence electrons. The second-order valence-electron chi connectivity index (χ2n) is 8.29. The predicted molar refractivity (Wildman–Crippen MR) is 131 cm³/mol. The van der Waals surface area contributed by atoms with Crippen LogP contribution in [0.4, 0.5) is 4.39 Å². The maximum Gasteiger partial charge on any atom is 0.157 e. The van der Waals surface area contributed by atoms with Crippen LogP contribution in [0.3, 0.4) is 0 Å². The standard InChI is InChI=1S/C28H24FN3O2/c1-18(2)34-26-15-23(33-17-19-7-4-3-5-8-19)11-12-24(26)27-31-25-14-21(16-30-28(25)32-27)20-9-6-10-22(29)13-20/h3-16,18H,17H2,1-2H3,(H,30,31,32). The number of benzene rings is 3. The fraction of sp³-hybridized carbons (Fsp3) is 0.143. The number of aromatic amines is 1. The Hall–Kier alpha value is -4.19. The number of aromatic nitrogens is 3. The van der Waals surface area contributed by atoms with Crippen molar-refractivity contribution in [2.24, 2.45) is 0 Å². The first-order chi connectivity index (χ1) is 16.5. The van der Waals surface area contributed by atoms with Crippen molar-refractivity contribution < 1.29 is 13.9 Å². The highest BCUT2D eigenvalue weighted by molar-refractivity contribution is 5.82. The molecule has 0 amide bonds. The minimum Gasteiger partial charge on any atom is -0.490 e. The molecule has 0 atom stereocenters. The predicted octanol–water partition coefficient (Wildman–Crippen LogP) is 6.80. The Labute approximate surface area is 197 Å². The number of fused-ring (bicyclic) bond motifs is 1. The van der Waals surface area contributed by atoms with Crippen LogP contribution in [-0.2, 0) is 6.61 Å². The molecular formula is C28H24FN3O2. The zero-order valence-corrected chi connectivity index (χ0v) is 19.0. The lowest BCUT2D eigenvalue weighted by Gasteiger charge is -2.15. The Morgan fingerprint density at radius 2 is 1.76 bits per heavy atom. The highest BCUT2D eigenvalue weighted by Gasteiger charge is 2.15. The number of ether oxygens (including phenoxy) is 2. The molecule has 5 rings (SSSR count). The van der Waals surface area contributed by atoms with Gasteiger partial charge in [-0.1, -0.05) is 42.5 Å². The summed E-state index contributed by atoms with van der Waals surface area (Å²) in [5.41, 5.74) is 4.80. The highest BCUT2D eigenvalue weighted by atomic mass is 19.1. The average molecular weight is 454 g/mol. The molecule has 0 unspecified atom stereocenters. The first kappa shape index (κ1) is 21.6. The van der Waals surface area contributed by atoms with E-state index in [0.29, 0.717) is 35.1 Å². The summed E-state index contributed by atoms with van der Waals surface area (Å²) in [5.74, 6) is 1.74. The molecule has 1 N–H and O–H groups in total. The molecule has 0 spiro atoms. The van der Waals surface area contributed by atoms with Crippen LogP contribution in [-0.4, -0.2) is 21.1 Å². The van der Waals surface area contributed by atoms with Gasteiger partial charge in [-0.15, -0.1) is 0 Å². The van der Waals surface area contributed by atoms with Crippen LogP contribution in [0.1, 0.15) is 19.4 Å². The van der Waals surface area contributed by atoms with Gasteiger partial charge < -0.3 is 14.5 Å². The van der Waals surface area contributed by atoms with E-state index in [1.165, 1.54) is 12.1 Å². The molecule has 2 heterocycles. The second-order valence-corrected chi connectivity index (χ2v) is 8.29. The second kappa shape index (κ2) is 9.35. The zero-order valence-electron chi connectivity index (χ0n) is 19.0. The minimum absolute atomic E-state index is 0.0230. The lowest BCUT2D eigenvalue weighted by molar-refractivity contribution is 0.240. The van der Waals surface area contributed by atoms with E-state index in [4.69, 9.17) is 14.5 Å². The van der Waals surface area contributed by atoms with Crippen molar-refractivity contribution in [3.05, 3.63) is 96.4 Å². The number of imidazole rings is 1. The number of hydrogen-bond donors (Lipinski definition) is 1. The summed E-state index contributed by atoms with van der Waals surface area (Å²) in [6.07, 6.45) is 1.69. The number of H-pyrrole nitrogens is 1. The molecule has 0 fully saturated rings. The third kappa shape index (κ3) is 4.76. The molecule has 0 radical (unpaired) electrons. The van der Waals surface area contributed by atoms with Gasteiger partial charge in [0, 0.05) is 17.8 Å². The maximum absolute atomic E-state index is 13.7. The van der Waals surface area contributed by atoms with E-state index in [1.807, 2.05) is 74.5 Å². The zero-order chi connectivity index (χ0) is 23.5. The Morgan fingerprint density at radius 3 is 2.56 bits per heavy atom. The van der Waals surface area contributed by atoms with Crippen molar-refractivity contribution in [3.63, 3.8) is 0 Å². The number of halogens is 1. The van der Waals surface area contributed by atoms with Gasteiger partial charge in [-0.3, -0.25) is 0 Å². The summed E-state index contributed by atoms with van der Waals surface area (Å²) in [5, 5.41) is 0. The number of pyridine rings is 1. The molecule has 2 aromatic heterocycles. The van der Waals surface area contributed by atoms with E-state index in [2.05, 4.69) is 9.97 Å². The van der Waals surface area contributed by atoms with Gasteiger partial charge in [-0.2, -0.15) is 0 Å². The number of hydrogen-bond acceptors (Lipinski definition) is 4. The lowest BCUT2D eigenvalue weighted by Crippen LogP contribution is -2.07. The van der Waals surface area contributed by atoms with Crippen molar-refractivity contribution in [1.82, 2.24) is 15.0 Å². The van der Waals surface area contributed by atoms with Crippen molar-refractivity contribution >= 4 is 11.2 Å². The molecular weight excluding hydrogens is 429 g/mol. The molecule has 0 saturated heterocycles. The van der Waals surface area contributed by atoms with Crippen LogP contribution in [0.25, 0.3) is 33.7 Å². The summed E-state index contributed by atoms with van der Waals surface area (Å²) in [6, 6.07) is 24.1. The van der Waals surface area contributed by atoms with Crippen molar-refractivity contribution in [3.8, 4) is 34.0 Å². The first-order valence-electron chi connectivity index (χ1n) is 11.1. The highest BCUT2D eigenvalue weighted by Crippen LogP contribution is 2.34. The minimum atomic E-state index is -0.287. The summed E-state index contributed by atoms with van der Waals surface area (Å²) >= 11 is 0. The number of nitrogens with one attached hydrogen (secondary N) is 1. The van der Waals surface area contributed by atoms with E-state index < -0.39 is 0 Å². The fourth-order valence-corrected chi connectivity index (χ4v) is 3.73. The van der Waals surface area contributed by atoms with Gasteiger partial charge in [0.15, 0.2) is 5.65 Å². The van der Waals surface area contributed by atoms with Gasteiger partial charge in [0.25, 0.3) is 0 Å². The van der Waals surface area contributed by atoms with Gasteiger partial charge in [0.1, 0.15) is 35.3 Å². The first-order valence-corrected chi connectivity index (χ1v) is 11.1. The van der Waals surface area contributed by atoms with Gasteiger partial charge in [-0.25, -0.2) is 14.4 Å². The third-order valence-corrected chi connectivity index (χ3v) is 5.31.